The lowest BCUT2D eigenvalue weighted by Crippen LogP contribution is -2.15. The molecule has 0 aliphatic carbocycles. The summed E-state index contributed by atoms with van der Waals surface area (Å²) in [5.74, 6) is 0.00917. The van der Waals surface area contributed by atoms with Gasteiger partial charge in [0.1, 0.15) is 0 Å². The van der Waals surface area contributed by atoms with E-state index >= 15 is 0 Å². The molecule has 0 aliphatic rings. The van der Waals surface area contributed by atoms with Gasteiger partial charge in [0.05, 0.1) is 6.61 Å². The molecular formula is C18H15Cl2N3O2. The molecule has 1 aromatic heterocycles. The Labute approximate surface area is 155 Å². The minimum Gasteiger partial charge on any atom is -0.462 e. The zero-order valence-electron chi connectivity index (χ0n) is 13.4. The Balaban J connectivity index is 2.07. The normalized spacial score (nSPS) is 10.7. The van der Waals surface area contributed by atoms with Crippen LogP contribution in [0.3, 0.4) is 0 Å². The summed E-state index contributed by atoms with van der Waals surface area (Å²) in [6, 6.07) is 13.9. The minimum atomic E-state index is -0.351. The predicted molar refractivity (Wildman–Crippen MR) is 97.4 cm³/mol. The molecule has 5 nitrogen and oxygen atoms in total. The average Bonchev–Trinajstić information content (AvgIpc) is 3.03. The Bertz CT molecular complexity index is 909. The molecule has 7 heteroatoms. The molecule has 0 saturated heterocycles. The highest BCUT2D eigenvalue weighted by atomic mass is 35.5. The van der Waals surface area contributed by atoms with Gasteiger partial charge in [0.15, 0.2) is 5.82 Å². The summed E-state index contributed by atoms with van der Waals surface area (Å²) in [6.45, 7) is 2.44. The fourth-order valence-corrected chi connectivity index (χ4v) is 2.63. The summed E-state index contributed by atoms with van der Waals surface area (Å²) in [4.78, 5) is 17.2. The van der Waals surface area contributed by atoms with Gasteiger partial charge in [-0.25, -0.2) is 0 Å². The maximum atomic E-state index is 12.9. The molecule has 0 aliphatic heterocycles. The summed E-state index contributed by atoms with van der Waals surface area (Å²) < 4.78 is 6.69. The number of rotatable bonds is 5. The van der Waals surface area contributed by atoms with Crippen molar-refractivity contribution in [3.05, 3.63) is 64.1 Å². The van der Waals surface area contributed by atoms with Crippen LogP contribution >= 0.6 is 23.2 Å². The van der Waals surface area contributed by atoms with Crippen LogP contribution in [-0.4, -0.2) is 27.3 Å². The van der Waals surface area contributed by atoms with Crippen molar-refractivity contribution in [1.29, 1.82) is 0 Å². The van der Waals surface area contributed by atoms with E-state index < -0.39 is 0 Å². The summed E-state index contributed by atoms with van der Waals surface area (Å²) in [5, 5.41) is 5.22. The first kappa shape index (κ1) is 17.5. The molecule has 0 N–H and O–H groups in total. The SMILES string of the molecule is CCCOc1nc(-c2cccc(Cl)c2)n(C(=O)c2cccc(Cl)c2)n1. The average molecular weight is 376 g/mol. The third kappa shape index (κ3) is 4.00. The van der Waals surface area contributed by atoms with Crippen molar-refractivity contribution in [3.63, 3.8) is 0 Å². The monoisotopic (exact) mass is 375 g/mol. The Morgan fingerprint density at radius 3 is 2.52 bits per heavy atom. The van der Waals surface area contributed by atoms with E-state index in [-0.39, 0.29) is 11.9 Å². The highest BCUT2D eigenvalue weighted by molar-refractivity contribution is 6.31. The predicted octanol–water partition coefficient (Wildman–Crippen LogP) is 4.73. The highest BCUT2D eigenvalue weighted by Crippen LogP contribution is 2.24. The molecule has 0 amide bonds. The fraction of sp³-hybridized carbons (Fsp3) is 0.167. The second-order valence-corrected chi connectivity index (χ2v) is 6.18. The van der Waals surface area contributed by atoms with Gasteiger partial charge in [0.25, 0.3) is 5.91 Å². The van der Waals surface area contributed by atoms with Gasteiger partial charge in [-0.05, 0) is 36.8 Å². The number of nitrogens with zero attached hydrogens (tertiary/aromatic N) is 3. The number of carbonyl (C=O) groups excluding carboxylic acids is 1. The summed E-state index contributed by atoms with van der Waals surface area (Å²) >= 11 is 12.1. The molecular weight excluding hydrogens is 361 g/mol. The first-order valence-corrected chi connectivity index (χ1v) is 8.50. The van der Waals surface area contributed by atoms with Gasteiger partial charge < -0.3 is 4.74 Å². The van der Waals surface area contributed by atoms with E-state index in [1.807, 2.05) is 6.92 Å². The number of ether oxygens (including phenoxy) is 1. The highest BCUT2D eigenvalue weighted by Gasteiger charge is 2.20. The fourth-order valence-electron chi connectivity index (χ4n) is 2.25. The third-order valence-corrected chi connectivity index (χ3v) is 3.84. The van der Waals surface area contributed by atoms with Crippen LogP contribution < -0.4 is 4.74 Å². The smallest absolute Gasteiger partial charge is 0.336 e. The minimum absolute atomic E-state index is 0.146. The van der Waals surface area contributed by atoms with Crippen molar-refractivity contribution in [2.75, 3.05) is 6.61 Å². The van der Waals surface area contributed by atoms with E-state index in [4.69, 9.17) is 27.9 Å². The van der Waals surface area contributed by atoms with Crippen molar-refractivity contribution in [3.8, 4) is 17.4 Å². The Morgan fingerprint density at radius 2 is 1.84 bits per heavy atom. The number of hydrogen-bond acceptors (Lipinski definition) is 4. The Kier molecular flexibility index (Phi) is 5.36. The molecule has 3 aromatic rings. The van der Waals surface area contributed by atoms with Gasteiger partial charge in [-0.2, -0.15) is 9.67 Å². The van der Waals surface area contributed by atoms with Gasteiger partial charge in [0.2, 0.25) is 0 Å². The lowest BCUT2D eigenvalue weighted by molar-refractivity contribution is 0.0944. The summed E-state index contributed by atoms with van der Waals surface area (Å²) in [7, 11) is 0. The Hall–Kier alpha value is -2.37. The maximum Gasteiger partial charge on any atom is 0.336 e. The van der Waals surface area contributed by atoms with Gasteiger partial charge in [-0.15, -0.1) is 5.10 Å². The molecule has 0 unspecified atom stereocenters. The van der Waals surface area contributed by atoms with Crippen molar-refractivity contribution < 1.29 is 9.53 Å². The number of halogens is 2. The van der Waals surface area contributed by atoms with Crippen molar-refractivity contribution in [2.45, 2.75) is 13.3 Å². The van der Waals surface area contributed by atoms with E-state index in [0.29, 0.717) is 33.6 Å². The van der Waals surface area contributed by atoms with E-state index in [0.717, 1.165) is 6.42 Å². The molecule has 0 atom stereocenters. The third-order valence-electron chi connectivity index (χ3n) is 3.37. The molecule has 3 rings (SSSR count). The van der Waals surface area contributed by atoms with E-state index in [1.165, 1.54) is 4.68 Å². The van der Waals surface area contributed by atoms with Crippen LogP contribution in [0, 0.1) is 0 Å². The van der Waals surface area contributed by atoms with Crippen molar-refractivity contribution in [1.82, 2.24) is 14.8 Å². The molecule has 2 aromatic carbocycles. The van der Waals surface area contributed by atoms with Gasteiger partial charge in [0, 0.05) is 21.2 Å². The van der Waals surface area contributed by atoms with Crippen LogP contribution in [0.25, 0.3) is 11.4 Å². The molecule has 128 valence electrons. The standard InChI is InChI=1S/C18H15Cl2N3O2/c1-2-9-25-18-21-16(12-5-3-7-14(19)10-12)23(22-18)17(24)13-6-4-8-15(20)11-13/h3-8,10-11H,2,9H2,1H3. The molecule has 0 radical (unpaired) electrons. The summed E-state index contributed by atoms with van der Waals surface area (Å²) in [5.41, 5.74) is 1.07. The van der Waals surface area contributed by atoms with Crippen molar-refractivity contribution >= 4 is 29.1 Å². The first-order valence-electron chi connectivity index (χ1n) is 7.74. The van der Waals surface area contributed by atoms with Crippen LogP contribution in [0.2, 0.25) is 10.0 Å². The van der Waals surface area contributed by atoms with Gasteiger partial charge in [-0.3, -0.25) is 4.79 Å². The molecule has 1 heterocycles. The van der Waals surface area contributed by atoms with Crippen molar-refractivity contribution in [2.24, 2.45) is 0 Å². The molecule has 25 heavy (non-hydrogen) atoms. The topological polar surface area (TPSA) is 57.0 Å². The van der Waals surface area contributed by atoms with Crippen LogP contribution in [0.1, 0.15) is 23.7 Å². The molecule has 0 spiro atoms. The van der Waals surface area contributed by atoms with E-state index in [1.54, 1.807) is 48.5 Å². The second kappa shape index (κ2) is 7.68. The van der Waals surface area contributed by atoms with Crippen LogP contribution in [0.15, 0.2) is 48.5 Å². The van der Waals surface area contributed by atoms with E-state index in [2.05, 4.69) is 10.1 Å². The van der Waals surface area contributed by atoms with Gasteiger partial charge >= 0.3 is 6.01 Å². The number of hydrogen-bond donors (Lipinski definition) is 0. The number of aromatic nitrogens is 3. The zero-order valence-corrected chi connectivity index (χ0v) is 15.0. The zero-order chi connectivity index (χ0) is 17.8. The Morgan fingerprint density at radius 1 is 1.12 bits per heavy atom. The largest absolute Gasteiger partial charge is 0.462 e. The maximum absolute atomic E-state index is 12.9. The molecule has 0 fully saturated rings. The summed E-state index contributed by atoms with van der Waals surface area (Å²) in [6.07, 6.45) is 0.809. The lowest BCUT2D eigenvalue weighted by atomic mass is 10.2. The number of benzene rings is 2. The van der Waals surface area contributed by atoms with E-state index in [9.17, 15) is 4.79 Å². The molecule has 0 saturated carbocycles. The lowest BCUT2D eigenvalue weighted by Gasteiger charge is -2.05. The number of carbonyl (C=O) groups is 1. The van der Waals surface area contributed by atoms with Gasteiger partial charge in [-0.1, -0.05) is 48.3 Å². The van der Waals surface area contributed by atoms with Crippen LogP contribution in [0.4, 0.5) is 0 Å². The van der Waals surface area contributed by atoms with Crippen LogP contribution in [0.5, 0.6) is 6.01 Å². The quantitative estimate of drug-likeness (QED) is 0.646. The second-order valence-electron chi connectivity index (χ2n) is 5.30. The first-order chi connectivity index (χ1) is 12.1. The van der Waals surface area contributed by atoms with Crippen LogP contribution in [-0.2, 0) is 0 Å². The molecule has 0 bridgehead atoms.